The molecular formula is C17H20ClNO. The van der Waals surface area contributed by atoms with Crippen LogP contribution in [0, 0.1) is 0 Å². The first-order valence-electron chi connectivity index (χ1n) is 6.90. The topological polar surface area (TPSA) is 21.3 Å². The average molecular weight is 290 g/mol. The maximum atomic E-state index is 6.34. The van der Waals surface area contributed by atoms with E-state index in [0.29, 0.717) is 5.02 Å². The minimum atomic E-state index is 0.139. The van der Waals surface area contributed by atoms with Gasteiger partial charge in [-0.2, -0.15) is 0 Å². The van der Waals surface area contributed by atoms with E-state index in [2.05, 4.69) is 24.4 Å². The van der Waals surface area contributed by atoms with Crippen molar-refractivity contribution in [2.75, 3.05) is 13.6 Å². The number of nitrogens with one attached hydrogen (secondary N) is 1. The normalized spacial score (nSPS) is 12.2. The Balaban J connectivity index is 2.18. The van der Waals surface area contributed by atoms with Crippen LogP contribution in [0.3, 0.4) is 0 Å². The van der Waals surface area contributed by atoms with Gasteiger partial charge in [-0.05, 0) is 36.7 Å². The quantitative estimate of drug-likeness (QED) is 0.852. The van der Waals surface area contributed by atoms with Gasteiger partial charge in [0.05, 0.1) is 5.02 Å². The summed E-state index contributed by atoms with van der Waals surface area (Å²) in [5, 5.41) is 3.78. The van der Waals surface area contributed by atoms with Crippen molar-refractivity contribution in [1.29, 1.82) is 0 Å². The van der Waals surface area contributed by atoms with E-state index >= 15 is 0 Å². The maximum absolute atomic E-state index is 6.34. The molecule has 0 fully saturated rings. The highest BCUT2D eigenvalue weighted by molar-refractivity contribution is 6.32. The predicted octanol–water partition coefficient (Wildman–Crippen LogP) is 4.38. The van der Waals surface area contributed by atoms with Crippen LogP contribution in [0.5, 0.6) is 5.75 Å². The zero-order valence-corrected chi connectivity index (χ0v) is 12.7. The summed E-state index contributed by atoms with van der Waals surface area (Å²) in [4.78, 5) is 0. The lowest BCUT2D eigenvalue weighted by atomic mass is 10.1. The van der Waals surface area contributed by atoms with Crippen molar-refractivity contribution in [1.82, 2.24) is 5.32 Å². The van der Waals surface area contributed by atoms with Crippen molar-refractivity contribution in [3.05, 3.63) is 53.6 Å². The minimum Gasteiger partial charge on any atom is -0.488 e. The third-order valence-corrected chi connectivity index (χ3v) is 3.52. The molecule has 106 valence electrons. The SMILES string of the molecule is CCC(CNC)Oc1ccc(-c2ccccc2)cc1Cl. The summed E-state index contributed by atoms with van der Waals surface area (Å²) in [6.07, 6.45) is 1.08. The van der Waals surface area contributed by atoms with Crippen LogP contribution < -0.4 is 10.1 Å². The molecule has 0 spiro atoms. The average Bonchev–Trinajstić information content (AvgIpc) is 2.49. The van der Waals surface area contributed by atoms with Crippen molar-refractivity contribution in [2.45, 2.75) is 19.4 Å². The van der Waals surface area contributed by atoms with Crippen molar-refractivity contribution < 1.29 is 4.74 Å². The lowest BCUT2D eigenvalue weighted by Crippen LogP contribution is -2.28. The molecule has 0 amide bonds. The molecule has 0 saturated carbocycles. The Morgan fingerprint density at radius 3 is 2.45 bits per heavy atom. The second-order valence-corrected chi connectivity index (χ2v) is 5.12. The third-order valence-electron chi connectivity index (χ3n) is 3.22. The van der Waals surface area contributed by atoms with Gasteiger partial charge in [0.25, 0.3) is 0 Å². The summed E-state index contributed by atoms with van der Waals surface area (Å²) in [6.45, 7) is 2.92. The summed E-state index contributed by atoms with van der Waals surface area (Å²) in [6, 6.07) is 16.1. The first-order chi connectivity index (χ1) is 9.74. The Morgan fingerprint density at radius 1 is 1.10 bits per heavy atom. The van der Waals surface area contributed by atoms with Crippen LogP contribution in [0.4, 0.5) is 0 Å². The first kappa shape index (κ1) is 14.9. The van der Waals surface area contributed by atoms with Gasteiger partial charge in [-0.15, -0.1) is 0 Å². The molecule has 2 aromatic carbocycles. The molecular weight excluding hydrogens is 270 g/mol. The number of benzene rings is 2. The summed E-state index contributed by atoms with van der Waals surface area (Å²) in [5.41, 5.74) is 2.26. The van der Waals surface area contributed by atoms with E-state index in [1.54, 1.807) is 0 Å². The fourth-order valence-electron chi connectivity index (χ4n) is 2.08. The van der Waals surface area contributed by atoms with Crippen LogP contribution in [0.25, 0.3) is 11.1 Å². The Morgan fingerprint density at radius 2 is 1.85 bits per heavy atom. The number of hydrogen-bond acceptors (Lipinski definition) is 2. The summed E-state index contributed by atoms with van der Waals surface area (Å²) in [5.74, 6) is 0.744. The lowest BCUT2D eigenvalue weighted by molar-refractivity contribution is 0.196. The van der Waals surface area contributed by atoms with Gasteiger partial charge in [-0.25, -0.2) is 0 Å². The van der Waals surface area contributed by atoms with Crippen LogP contribution in [0.2, 0.25) is 5.02 Å². The van der Waals surface area contributed by atoms with Crippen LogP contribution in [-0.2, 0) is 0 Å². The zero-order chi connectivity index (χ0) is 14.4. The lowest BCUT2D eigenvalue weighted by Gasteiger charge is -2.18. The van der Waals surface area contributed by atoms with Gasteiger partial charge in [0.2, 0.25) is 0 Å². The Labute approximate surface area is 125 Å². The number of halogens is 1. The fourth-order valence-corrected chi connectivity index (χ4v) is 2.31. The monoisotopic (exact) mass is 289 g/mol. The fraction of sp³-hybridized carbons (Fsp3) is 0.294. The zero-order valence-electron chi connectivity index (χ0n) is 11.9. The van der Waals surface area contributed by atoms with E-state index < -0.39 is 0 Å². The van der Waals surface area contributed by atoms with E-state index in [9.17, 15) is 0 Å². The summed E-state index contributed by atoms with van der Waals surface area (Å²) >= 11 is 6.34. The van der Waals surface area contributed by atoms with Crippen LogP contribution in [-0.4, -0.2) is 19.7 Å². The minimum absolute atomic E-state index is 0.139. The largest absolute Gasteiger partial charge is 0.488 e. The molecule has 0 aromatic heterocycles. The van der Waals surface area contributed by atoms with Gasteiger partial charge < -0.3 is 10.1 Å². The molecule has 0 bridgehead atoms. The van der Waals surface area contributed by atoms with E-state index in [0.717, 1.165) is 29.8 Å². The molecule has 2 nitrogen and oxygen atoms in total. The first-order valence-corrected chi connectivity index (χ1v) is 7.28. The van der Waals surface area contributed by atoms with Crippen molar-refractivity contribution in [2.24, 2.45) is 0 Å². The van der Waals surface area contributed by atoms with Crippen molar-refractivity contribution in [3.8, 4) is 16.9 Å². The predicted molar refractivity (Wildman–Crippen MR) is 85.5 cm³/mol. The number of hydrogen-bond donors (Lipinski definition) is 1. The smallest absolute Gasteiger partial charge is 0.138 e. The van der Waals surface area contributed by atoms with Gasteiger partial charge >= 0.3 is 0 Å². The van der Waals surface area contributed by atoms with Gasteiger partial charge in [0.1, 0.15) is 11.9 Å². The molecule has 0 aliphatic carbocycles. The summed E-state index contributed by atoms with van der Waals surface area (Å²) in [7, 11) is 1.92. The Hall–Kier alpha value is -1.51. The number of likely N-dealkylation sites (N-methyl/N-ethyl adjacent to an activating group) is 1. The van der Waals surface area contributed by atoms with Gasteiger partial charge in [-0.1, -0.05) is 54.9 Å². The molecule has 2 aromatic rings. The molecule has 0 aliphatic rings. The van der Waals surface area contributed by atoms with Gasteiger partial charge in [0, 0.05) is 6.54 Å². The van der Waals surface area contributed by atoms with Crippen LogP contribution >= 0.6 is 11.6 Å². The van der Waals surface area contributed by atoms with Crippen molar-refractivity contribution in [3.63, 3.8) is 0 Å². The van der Waals surface area contributed by atoms with E-state index in [1.807, 2.05) is 43.4 Å². The third kappa shape index (κ3) is 3.75. The van der Waals surface area contributed by atoms with E-state index in [-0.39, 0.29) is 6.10 Å². The highest BCUT2D eigenvalue weighted by Gasteiger charge is 2.10. The molecule has 0 saturated heterocycles. The van der Waals surface area contributed by atoms with Crippen LogP contribution in [0.1, 0.15) is 13.3 Å². The molecule has 3 heteroatoms. The van der Waals surface area contributed by atoms with Crippen LogP contribution in [0.15, 0.2) is 48.5 Å². The van der Waals surface area contributed by atoms with Crippen molar-refractivity contribution >= 4 is 11.6 Å². The second-order valence-electron chi connectivity index (χ2n) is 4.72. The van der Waals surface area contributed by atoms with E-state index in [4.69, 9.17) is 16.3 Å². The molecule has 20 heavy (non-hydrogen) atoms. The van der Waals surface area contributed by atoms with Gasteiger partial charge in [0.15, 0.2) is 0 Å². The standard InChI is InChI=1S/C17H20ClNO/c1-3-15(12-19-2)20-17-10-9-14(11-16(17)18)13-7-5-4-6-8-13/h4-11,15,19H,3,12H2,1-2H3. The number of ether oxygens (including phenoxy) is 1. The number of rotatable bonds is 6. The molecule has 1 unspecified atom stereocenters. The maximum Gasteiger partial charge on any atom is 0.138 e. The molecule has 2 rings (SSSR count). The highest BCUT2D eigenvalue weighted by atomic mass is 35.5. The Kier molecular flexibility index (Phi) is 5.45. The molecule has 1 N–H and O–H groups in total. The van der Waals surface area contributed by atoms with E-state index in [1.165, 1.54) is 0 Å². The molecule has 0 heterocycles. The Bertz CT molecular complexity index is 542. The highest BCUT2D eigenvalue weighted by Crippen LogP contribution is 2.31. The molecule has 1 atom stereocenters. The second kappa shape index (κ2) is 7.32. The molecule has 0 aliphatic heterocycles. The molecule has 0 radical (unpaired) electrons. The van der Waals surface area contributed by atoms with Gasteiger partial charge in [-0.3, -0.25) is 0 Å². The summed E-state index contributed by atoms with van der Waals surface area (Å²) < 4.78 is 5.93.